The van der Waals surface area contributed by atoms with Crippen molar-refractivity contribution in [2.75, 3.05) is 5.32 Å². The standard InChI is InChI=1S/C28H27N3O2/c1-18-10-7-13-24(21(18)4)30-28(33)26-25(32)15-20(3)31(17-22-11-8-14-29-16-22)27(26)23-12-6-5-9-19(23)2/h5-16H,17H2,1-4H3,(H,30,33). The zero-order chi connectivity index (χ0) is 23.5. The van der Waals surface area contributed by atoms with Crippen LogP contribution in [0.5, 0.6) is 0 Å². The maximum absolute atomic E-state index is 13.6. The van der Waals surface area contributed by atoms with Crippen molar-refractivity contribution in [1.82, 2.24) is 9.55 Å². The van der Waals surface area contributed by atoms with Crippen LogP contribution in [0.15, 0.2) is 77.9 Å². The van der Waals surface area contributed by atoms with Crippen molar-refractivity contribution >= 4 is 11.6 Å². The topological polar surface area (TPSA) is 64.0 Å². The van der Waals surface area contributed by atoms with Gasteiger partial charge in [0.05, 0.1) is 5.69 Å². The van der Waals surface area contributed by atoms with E-state index in [0.29, 0.717) is 17.9 Å². The zero-order valence-corrected chi connectivity index (χ0v) is 19.3. The van der Waals surface area contributed by atoms with Gasteiger partial charge in [-0.2, -0.15) is 0 Å². The Morgan fingerprint density at radius 2 is 1.70 bits per heavy atom. The number of pyridine rings is 2. The van der Waals surface area contributed by atoms with Crippen LogP contribution in [0, 0.1) is 27.7 Å². The maximum atomic E-state index is 13.6. The summed E-state index contributed by atoms with van der Waals surface area (Å²) >= 11 is 0. The van der Waals surface area contributed by atoms with Crippen molar-refractivity contribution < 1.29 is 4.79 Å². The summed E-state index contributed by atoms with van der Waals surface area (Å²) in [6.45, 7) is 8.34. The lowest BCUT2D eigenvalue weighted by Crippen LogP contribution is -2.27. The summed E-state index contributed by atoms with van der Waals surface area (Å²) in [7, 11) is 0. The number of amides is 1. The first-order valence-corrected chi connectivity index (χ1v) is 10.9. The lowest BCUT2D eigenvalue weighted by atomic mass is 9.98. The minimum atomic E-state index is -0.410. The van der Waals surface area contributed by atoms with E-state index in [1.807, 2.05) is 86.9 Å². The van der Waals surface area contributed by atoms with Crippen LogP contribution in [0.3, 0.4) is 0 Å². The lowest BCUT2D eigenvalue weighted by Gasteiger charge is -2.22. The van der Waals surface area contributed by atoms with E-state index >= 15 is 0 Å². The van der Waals surface area contributed by atoms with E-state index in [0.717, 1.165) is 33.5 Å². The molecule has 0 fully saturated rings. The molecule has 5 heteroatoms. The summed E-state index contributed by atoms with van der Waals surface area (Å²) in [5, 5.41) is 2.98. The minimum absolute atomic E-state index is 0.139. The van der Waals surface area contributed by atoms with Crippen molar-refractivity contribution in [2.24, 2.45) is 0 Å². The summed E-state index contributed by atoms with van der Waals surface area (Å²) in [6.07, 6.45) is 3.53. The highest BCUT2D eigenvalue weighted by atomic mass is 16.2. The summed E-state index contributed by atoms with van der Waals surface area (Å²) < 4.78 is 2.03. The van der Waals surface area contributed by atoms with Gasteiger partial charge in [-0.3, -0.25) is 14.6 Å². The molecule has 4 rings (SSSR count). The molecule has 1 N–H and O–H groups in total. The molecule has 166 valence electrons. The number of aryl methyl sites for hydroxylation is 3. The van der Waals surface area contributed by atoms with Crippen molar-refractivity contribution in [3.05, 3.63) is 117 Å². The number of benzene rings is 2. The van der Waals surface area contributed by atoms with E-state index in [1.54, 1.807) is 12.4 Å². The largest absolute Gasteiger partial charge is 0.340 e. The first-order valence-electron chi connectivity index (χ1n) is 10.9. The van der Waals surface area contributed by atoms with Gasteiger partial charge in [-0.25, -0.2) is 0 Å². The minimum Gasteiger partial charge on any atom is -0.340 e. The molecule has 33 heavy (non-hydrogen) atoms. The molecule has 0 atom stereocenters. The van der Waals surface area contributed by atoms with Gasteiger partial charge in [0, 0.05) is 41.9 Å². The van der Waals surface area contributed by atoms with Gasteiger partial charge in [-0.05, 0) is 62.1 Å². The number of nitrogens with zero attached hydrogens (tertiary/aromatic N) is 2. The molecule has 2 heterocycles. The van der Waals surface area contributed by atoms with Crippen LogP contribution in [0.2, 0.25) is 0 Å². The molecule has 4 aromatic rings. The number of nitrogens with one attached hydrogen (secondary N) is 1. The quantitative estimate of drug-likeness (QED) is 0.452. The van der Waals surface area contributed by atoms with Crippen molar-refractivity contribution in [3.63, 3.8) is 0 Å². The van der Waals surface area contributed by atoms with Crippen LogP contribution in [-0.2, 0) is 6.54 Å². The van der Waals surface area contributed by atoms with E-state index in [-0.39, 0.29) is 11.0 Å². The van der Waals surface area contributed by atoms with Gasteiger partial charge in [0.2, 0.25) is 0 Å². The Bertz CT molecular complexity index is 1390. The van der Waals surface area contributed by atoms with Crippen LogP contribution in [0.1, 0.15) is 38.3 Å². The van der Waals surface area contributed by atoms with Crippen molar-refractivity contribution in [2.45, 2.75) is 34.2 Å². The predicted octanol–water partition coefficient (Wildman–Crippen LogP) is 5.44. The molecule has 0 saturated carbocycles. The van der Waals surface area contributed by atoms with Gasteiger partial charge in [-0.1, -0.05) is 42.5 Å². The third-order valence-corrected chi connectivity index (χ3v) is 6.06. The highest BCUT2D eigenvalue weighted by Gasteiger charge is 2.23. The number of carbonyl (C=O) groups excluding carboxylic acids is 1. The van der Waals surface area contributed by atoms with E-state index in [9.17, 15) is 9.59 Å². The number of carbonyl (C=O) groups is 1. The molecule has 0 bridgehead atoms. The SMILES string of the molecule is Cc1ccccc1-c1c(C(=O)Nc2cccc(C)c2C)c(=O)cc(C)n1Cc1cccnc1. The number of hydrogen-bond donors (Lipinski definition) is 1. The average Bonchev–Trinajstić information content (AvgIpc) is 2.79. The Hall–Kier alpha value is -3.99. The molecule has 0 unspecified atom stereocenters. The summed E-state index contributed by atoms with van der Waals surface area (Å²) in [4.78, 5) is 31.1. The van der Waals surface area contributed by atoms with Gasteiger partial charge in [0.25, 0.3) is 5.91 Å². The van der Waals surface area contributed by atoms with Crippen LogP contribution < -0.4 is 10.7 Å². The summed E-state index contributed by atoms with van der Waals surface area (Å²) in [5.41, 5.74) is 6.83. The van der Waals surface area contributed by atoms with Crippen molar-refractivity contribution in [1.29, 1.82) is 0 Å². The van der Waals surface area contributed by atoms with Gasteiger partial charge in [0.15, 0.2) is 5.43 Å². The summed E-state index contributed by atoms with van der Waals surface area (Å²) in [6, 6.07) is 19.0. The Kier molecular flexibility index (Phi) is 6.22. The Morgan fingerprint density at radius 1 is 0.939 bits per heavy atom. The van der Waals surface area contributed by atoms with Gasteiger partial charge in [-0.15, -0.1) is 0 Å². The Morgan fingerprint density at radius 3 is 2.42 bits per heavy atom. The summed E-state index contributed by atoms with van der Waals surface area (Å²) in [5.74, 6) is -0.410. The molecule has 0 aliphatic carbocycles. The highest BCUT2D eigenvalue weighted by molar-refractivity contribution is 6.08. The van der Waals surface area contributed by atoms with E-state index in [4.69, 9.17) is 0 Å². The normalized spacial score (nSPS) is 10.8. The molecule has 2 aromatic heterocycles. The van der Waals surface area contributed by atoms with Gasteiger partial charge in [0.1, 0.15) is 5.56 Å². The smallest absolute Gasteiger partial charge is 0.261 e. The fraction of sp³-hybridized carbons (Fsp3) is 0.179. The number of hydrogen-bond acceptors (Lipinski definition) is 3. The zero-order valence-electron chi connectivity index (χ0n) is 19.3. The number of aromatic nitrogens is 2. The number of anilines is 1. The second-order valence-corrected chi connectivity index (χ2v) is 8.34. The first-order chi connectivity index (χ1) is 15.9. The molecule has 0 saturated heterocycles. The second kappa shape index (κ2) is 9.25. The second-order valence-electron chi connectivity index (χ2n) is 8.34. The maximum Gasteiger partial charge on any atom is 0.261 e. The first kappa shape index (κ1) is 22.2. The monoisotopic (exact) mass is 437 g/mol. The fourth-order valence-electron chi connectivity index (χ4n) is 4.06. The molecule has 2 aromatic carbocycles. The Labute approximate surface area is 193 Å². The molecule has 5 nitrogen and oxygen atoms in total. The molecular weight excluding hydrogens is 410 g/mol. The van der Waals surface area contributed by atoms with E-state index < -0.39 is 5.91 Å². The Balaban J connectivity index is 1.93. The van der Waals surface area contributed by atoms with E-state index in [2.05, 4.69) is 10.3 Å². The average molecular weight is 438 g/mol. The molecule has 1 amide bonds. The highest BCUT2D eigenvalue weighted by Crippen LogP contribution is 2.28. The van der Waals surface area contributed by atoms with Gasteiger partial charge < -0.3 is 9.88 Å². The van der Waals surface area contributed by atoms with Crippen LogP contribution in [-0.4, -0.2) is 15.5 Å². The van der Waals surface area contributed by atoms with Crippen LogP contribution in [0.25, 0.3) is 11.3 Å². The van der Waals surface area contributed by atoms with E-state index in [1.165, 1.54) is 6.07 Å². The molecule has 0 aliphatic heterocycles. The van der Waals surface area contributed by atoms with Gasteiger partial charge >= 0.3 is 0 Å². The predicted molar refractivity (Wildman–Crippen MR) is 133 cm³/mol. The van der Waals surface area contributed by atoms with Crippen LogP contribution >= 0.6 is 0 Å². The lowest BCUT2D eigenvalue weighted by molar-refractivity contribution is 0.102. The molecule has 0 aliphatic rings. The molecule has 0 spiro atoms. The third-order valence-electron chi connectivity index (χ3n) is 6.06. The van der Waals surface area contributed by atoms with Crippen molar-refractivity contribution in [3.8, 4) is 11.3 Å². The van der Waals surface area contributed by atoms with Crippen LogP contribution in [0.4, 0.5) is 5.69 Å². The molecular formula is C28H27N3O2. The number of rotatable bonds is 5. The molecule has 0 radical (unpaired) electrons. The third kappa shape index (κ3) is 4.48. The fourth-order valence-corrected chi connectivity index (χ4v) is 4.06.